The number of amides is 1. The summed E-state index contributed by atoms with van der Waals surface area (Å²) in [6.45, 7) is 0. The van der Waals surface area contributed by atoms with Crippen LogP contribution in [-0.2, 0) is 11.0 Å². The summed E-state index contributed by atoms with van der Waals surface area (Å²) in [5, 5.41) is 3.10. The molecule has 0 atom stereocenters. The van der Waals surface area contributed by atoms with E-state index in [4.69, 9.17) is 0 Å². The summed E-state index contributed by atoms with van der Waals surface area (Å²) in [4.78, 5) is 19.5. The Morgan fingerprint density at radius 3 is 2.68 bits per heavy atom. The molecular weight excluding hydrogens is 410 g/mol. The predicted octanol–water partition coefficient (Wildman–Crippen LogP) is 6.04. The molecule has 31 heavy (non-hydrogen) atoms. The number of aromatic amines is 1. The van der Waals surface area contributed by atoms with Crippen LogP contribution in [0.3, 0.4) is 0 Å². The molecule has 2 N–H and O–H groups in total. The molecule has 0 unspecified atom stereocenters. The number of benzene rings is 2. The maximum absolute atomic E-state index is 13.8. The van der Waals surface area contributed by atoms with Gasteiger partial charge < -0.3 is 10.3 Å². The van der Waals surface area contributed by atoms with Crippen molar-refractivity contribution >= 4 is 28.7 Å². The number of rotatable bonds is 4. The number of hydrogen-bond donors (Lipinski definition) is 2. The highest BCUT2D eigenvalue weighted by Crippen LogP contribution is 2.32. The molecule has 0 bridgehead atoms. The molecule has 2 aromatic heterocycles. The summed E-state index contributed by atoms with van der Waals surface area (Å²) in [5.41, 5.74) is 1.64. The summed E-state index contributed by atoms with van der Waals surface area (Å²) in [6, 6.07) is 13.0. The zero-order chi connectivity index (χ0) is 22.0. The number of aromatic nitrogens is 2. The number of alkyl halides is 3. The van der Waals surface area contributed by atoms with Crippen molar-refractivity contribution in [2.75, 3.05) is 5.32 Å². The first-order valence-electron chi connectivity index (χ1n) is 9.19. The first-order valence-corrected chi connectivity index (χ1v) is 9.19. The Balaban J connectivity index is 1.51. The number of halogens is 4. The van der Waals surface area contributed by atoms with Gasteiger partial charge in [-0.25, -0.2) is 9.37 Å². The van der Waals surface area contributed by atoms with Crippen LogP contribution in [0.25, 0.3) is 28.2 Å². The Morgan fingerprint density at radius 2 is 1.87 bits per heavy atom. The van der Waals surface area contributed by atoms with Gasteiger partial charge in [0.2, 0.25) is 5.91 Å². The van der Waals surface area contributed by atoms with Gasteiger partial charge in [0.25, 0.3) is 0 Å². The number of fused-ring (bicyclic) bond motifs is 1. The van der Waals surface area contributed by atoms with Gasteiger partial charge >= 0.3 is 6.18 Å². The van der Waals surface area contributed by atoms with E-state index in [0.717, 1.165) is 28.2 Å². The topological polar surface area (TPSA) is 57.8 Å². The molecule has 4 aromatic rings. The Hall–Kier alpha value is -3.94. The van der Waals surface area contributed by atoms with E-state index in [2.05, 4.69) is 15.3 Å². The smallest absolute Gasteiger partial charge is 0.346 e. The van der Waals surface area contributed by atoms with Crippen LogP contribution in [0.1, 0.15) is 11.1 Å². The Kier molecular flexibility index (Phi) is 5.29. The van der Waals surface area contributed by atoms with E-state index in [1.807, 2.05) is 24.3 Å². The number of carbonyl (C=O) groups is 1. The molecule has 156 valence electrons. The molecule has 0 aliphatic heterocycles. The van der Waals surface area contributed by atoms with Crippen LogP contribution in [0.4, 0.5) is 23.2 Å². The minimum absolute atomic E-state index is 0.538. The average Bonchev–Trinajstić information content (AvgIpc) is 3.21. The number of hydrogen-bond acceptors (Lipinski definition) is 2. The minimum atomic E-state index is -4.64. The quantitative estimate of drug-likeness (QED) is 0.309. The molecule has 1 amide bonds. The lowest BCUT2D eigenvalue weighted by Crippen LogP contribution is -2.12. The first-order chi connectivity index (χ1) is 14.8. The van der Waals surface area contributed by atoms with Crippen molar-refractivity contribution in [2.45, 2.75) is 6.18 Å². The van der Waals surface area contributed by atoms with Gasteiger partial charge in [-0.2, -0.15) is 13.2 Å². The maximum atomic E-state index is 13.8. The van der Waals surface area contributed by atoms with Crippen molar-refractivity contribution in [1.29, 1.82) is 0 Å². The van der Waals surface area contributed by atoms with Crippen molar-refractivity contribution in [3.63, 3.8) is 0 Å². The standard InChI is InChI=1S/C23H15F4N3O/c24-19-6-5-18(23(25,26)27)12-20(19)30-21(31)7-4-14-2-1-3-15(10-14)17-11-16-8-9-28-22(16)29-13-17/h1-13H,(H,28,29)(H,30,31). The summed E-state index contributed by atoms with van der Waals surface area (Å²) < 4.78 is 52.2. The lowest BCUT2D eigenvalue weighted by molar-refractivity contribution is -0.137. The summed E-state index contributed by atoms with van der Waals surface area (Å²) in [7, 11) is 0. The van der Waals surface area contributed by atoms with E-state index < -0.39 is 29.2 Å². The van der Waals surface area contributed by atoms with E-state index in [1.54, 1.807) is 24.5 Å². The summed E-state index contributed by atoms with van der Waals surface area (Å²) >= 11 is 0. The fourth-order valence-corrected chi connectivity index (χ4v) is 3.06. The molecule has 2 heterocycles. The number of nitrogens with one attached hydrogen (secondary N) is 2. The molecule has 0 saturated heterocycles. The van der Waals surface area contributed by atoms with Crippen LogP contribution in [0.5, 0.6) is 0 Å². The zero-order valence-corrected chi connectivity index (χ0v) is 15.9. The number of nitrogens with zero attached hydrogens (tertiary/aromatic N) is 1. The number of anilines is 1. The van der Waals surface area contributed by atoms with Gasteiger partial charge in [-0.15, -0.1) is 0 Å². The Labute approximate surface area is 174 Å². The molecule has 0 aliphatic rings. The maximum Gasteiger partial charge on any atom is 0.416 e. The van der Waals surface area contributed by atoms with Crippen LogP contribution < -0.4 is 5.32 Å². The number of H-pyrrole nitrogens is 1. The van der Waals surface area contributed by atoms with Crippen molar-refractivity contribution in [1.82, 2.24) is 9.97 Å². The normalized spacial score (nSPS) is 11.9. The lowest BCUT2D eigenvalue weighted by Gasteiger charge is -2.10. The second kappa shape index (κ2) is 8.06. The van der Waals surface area contributed by atoms with E-state index >= 15 is 0 Å². The van der Waals surface area contributed by atoms with Crippen molar-refractivity contribution in [3.05, 3.63) is 90.0 Å². The number of pyridine rings is 1. The van der Waals surface area contributed by atoms with Gasteiger partial charge in [-0.1, -0.05) is 18.2 Å². The predicted molar refractivity (Wildman–Crippen MR) is 111 cm³/mol. The first kappa shape index (κ1) is 20.3. The molecule has 0 saturated carbocycles. The van der Waals surface area contributed by atoms with Crippen LogP contribution in [0, 0.1) is 5.82 Å². The van der Waals surface area contributed by atoms with E-state index in [9.17, 15) is 22.4 Å². The van der Waals surface area contributed by atoms with Crippen molar-refractivity contribution < 1.29 is 22.4 Å². The van der Waals surface area contributed by atoms with Crippen molar-refractivity contribution in [2.24, 2.45) is 0 Å². The molecule has 0 aliphatic carbocycles. The molecule has 2 aromatic carbocycles. The van der Waals surface area contributed by atoms with Gasteiger partial charge in [0.15, 0.2) is 0 Å². The minimum Gasteiger partial charge on any atom is -0.346 e. The lowest BCUT2D eigenvalue weighted by atomic mass is 10.0. The van der Waals surface area contributed by atoms with E-state index in [1.165, 1.54) is 6.08 Å². The third-order valence-corrected chi connectivity index (χ3v) is 4.60. The highest BCUT2D eigenvalue weighted by atomic mass is 19.4. The molecule has 0 spiro atoms. The average molecular weight is 425 g/mol. The van der Waals surface area contributed by atoms with Gasteiger partial charge in [-0.05, 0) is 53.6 Å². The Morgan fingerprint density at radius 1 is 1.03 bits per heavy atom. The van der Waals surface area contributed by atoms with Gasteiger partial charge in [0.05, 0.1) is 11.3 Å². The van der Waals surface area contributed by atoms with E-state index in [0.29, 0.717) is 23.8 Å². The third kappa shape index (κ3) is 4.63. The third-order valence-electron chi connectivity index (χ3n) is 4.60. The molecule has 4 rings (SSSR count). The monoisotopic (exact) mass is 425 g/mol. The highest BCUT2D eigenvalue weighted by Gasteiger charge is 2.31. The summed E-state index contributed by atoms with van der Waals surface area (Å²) in [6.07, 6.45) is 1.51. The molecule has 4 nitrogen and oxygen atoms in total. The molecule has 0 fully saturated rings. The largest absolute Gasteiger partial charge is 0.416 e. The Bertz CT molecular complexity index is 1290. The van der Waals surface area contributed by atoms with Gasteiger partial charge in [0.1, 0.15) is 11.5 Å². The SMILES string of the molecule is O=C(C=Cc1cccc(-c2cnc3[nH]ccc3c2)c1)Nc1cc(C(F)(F)F)ccc1F. The second-order valence-electron chi connectivity index (χ2n) is 6.78. The molecule has 8 heteroatoms. The number of carbonyl (C=O) groups excluding carboxylic acids is 1. The second-order valence-corrected chi connectivity index (χ2v) is 6.78. The molecule has 0 radical (unpaired) electrons. The van der Waals surface area contributed by atoms with Gasteiger partial charge in [-0.3, -0.25) is 4.79 Å². The summed E-state index contributed by atoms with van der Waals surface area (Å²) in [5.74, 6) is -1.71. The van der Waals surface area contributed by atoms with Crippen LogP contribution in [0.2, 0.25) is 0 Å². The zero-order valence-electron chi connectivity index (χ0n) is 15.9. The van der Waals surface area contributed by atoms with E-state index in [-0.39, 0.29) is 0 Å². The van der Waals surface area contributed by atoms with Crippen molar-refractivity contribution in [3.8, 4) is 11.1 Å². The fourth-order valence-electron chi connectivity index (χ4n) is 3.06. The van der Waals surface area contributed by atoms with Crippen LogP contribution >= 0.6 is 0 Å². The fraction of sp³-hybridized carbons (Fsp3) is 0.0435. The van der Waals surface area contributed by atoms with Gasteiger partial charge in [0, 0.05) is 29.4 Å². The van der Waals surface area contributed by atoms with Crippen LogP contribution in [0.15, 0.2) is 73.1 Å². The van der Waals surface area contributed by atoms with Crippen LogP contribution in [-0.4, -0.2) is 15.9 Å². The molecular formula is C23H15F4N3O. The highest BCUT2D eigenvalue weighted by molar-refractivity contribution is 6.02.